The van der Waals surface area contributed by atoms with E-state index in [1.807, 2.05) is 12.1 Å². The molecule has 3 nitrogen and oxygen atoms in total. The second-order valence-corrected chi connectivity index (χ2v) is 4.66. The SMILES string of the molecule is CCCCCC[C@@H](CO)c1ccc(C(=O)O)cc1. The van der Waals surface area contributed by atoms with Gasteiger partial charge in [-0.25, -0.2) is 4.79 Å². The van der Waals surface area contributed by atoms with Crippen LogP contribution < -0.4 is 0 Å². The number of aliphatic hydroxyl groups excluding tert-OH is 1. The maximum atomic E-state index is 10.7. The molecule has 1 aromatic rings. The summed E-state index contributed by atoms with van der Waals surface area (Å²) in [5, 5.41) is 18.2. The van der Waals surface area contributed by atoms with Gasteiger partial charge in [0.25, 0.3) is 0 Å². The van der Waals surface area contributed by atoms with Crippen LogP contribution in [0.15, 0.2) is 24.3 Å². The number of carbonyl (C=O) groups is 1. The number of rotatable bonds is 8. The Balaban J connectivity index is 2.56. The molecule has 100 valence electrons. The first kappa shape index (κ1) is 14.7. The quantitative estimate of drug-likeness (QED) is 0.695. The molecule has 0 unspecified atom stereocenters. The standard InChI is InChI=1S/C15H22O3/c1-2-3-4-5-6-14(11-16)12-7-9-13(10-8-12)15(17)18/h7-10,14,16H,2-6,11H2,1H3,(H,17,18)/t14-/m0/s1. The molecule has 1 atom stereocenters. The molecular formula is C15H22O3. The third-order valence-electron chi connectivity index (χ3n) is 3.26. The molecule has 0 bridgehead atoms. The summed E-state index contributed by atoms with van der Waals surface area (Å²) in [7, 11) is 0. The van der Waals surface area contributed by atoms with Crippen LogP contribution in [0.1, 0.15) is 60.9 Å². The van der Waals surface area contributed by atoms with E-state index in [0.29, 0.717) is 5.56 Å². The Labute approximate surface area is 108 Å². The van der Waals surface area contributed by atoms with Gasteiger partial charge in [0, 0.05) is 12.5 Å². The topological polar surface area (TPSA) is 57.5 Å². The first-order valence-electron chi connectivity index (χ1n) is 6.63. The number of carboxylic acid groups (broad SMARTS) is 1. The molecular weight excluding hydrogens is 228 g/mol. The molecule has 0 amide bonds. The van der Waals surface area contributed by atoms with Crippen LogP contribution in [0.2, 0.25) is 0 Å². The fourth-order valence-electron chi connectivity index (χ4n) is 2.08. The average Bonchev–Trinajstić information content (AvgIpc) is 2.39. The van der Waals surface area contributed by atoms with Gasteiger partial charge in [0.2, 0.25) is 0 Å². The van der Waals surface area contributed by atoms with E-state index in [2.05, 4.69) is 6.92 Å². The molecule has 0 radical (unpaired) electrons. The molecule has 0 aliphatic heterocycles. The van der Waals surface area contributed by atoms with Crippen LogP contribution in [0.3, 0.4) is 0 Å². The lowest BCUT2D eigenvalue weighted by Crippen LogP contribution is -2.05. The van der Waals surface area contributed by atoms with E-state index in [-0.39, 0.29) is 12.5 Å². The van der Waals surface area contributed by atoms with Crippen molar-refractivity contribution in [1.82, 2.24) is 0 Å². The largest absolute Gasteiger partial charge is 0.478 e. The number of aliphatic hydroxyl groups is 1. The van der Waals surface area contributed by atoms with E-state index in [1.165, 1.54) is 19.3 Å². The highest BCUT2D eigenvalue weighted by atomic mass is 16.4. The smallest absolute Gasteiger partial charge is 0.335 e. The van der Waals surface area contributed by atoms with E-state index < -0.39 is 5.97 Å². The number of unbranched alkanes of at least 4 members (excludes halogenated alkanes) is 3. The molecule has 0 aliphatic carbocycles. The van der Waals surface area contributed by atoms with E-state index >= 15 is 0 Å². The highest BCUT2D eigenvalue weighted by molar-refractivity contribution is 5.87. The molecule has 18 heavy (non-hydrogen) atoms. The zero-order valence-corrected chi connectivity index (χ0v) is 10.9. The number of benzene rings is 1. The molecule has 0 saturated carbocycles. The molecule has 0 aromatic heterocycles. The lowest BCUT2D eigenvalue weighted by Gasteiger charge is -2.14. The second-order valence-electron chi connectivity index (χ2n) is 4.66. The minimum Gasteiger partial charge on any atom is -0.478 e. The Morgan fingerprint density at radius 3 is 2.33 bits per heavy atom. The summed E-state index contributed by atoms with van der Waals surface area (Å²) in [6, 6.07) is 6.83. The summed E-state index contributed by atoms with van der Waals surface area (Å²) in [5.74, 6) is -0.783. The van der Waals surface area contributed by atoms with Gasteiger partial charge < -0.3 is 10.2 Å². The molecule has 1 aromatic carbocycles. The summed E-state index contributed by atoms with van der Waals surface area (Å²) in [6.07, 6.45) is 5.70. The van der Waals surface area contributed by atoms with Gasteiger partial charge in [-0.1, -0.05) is 44.7 Å². The van der Waals surface area contributed by atoms with Crippen molar-refractivity contribution in [1.29, 1.82) is 0 Å². The first-order valence-corrected chi connectivity index (χ1v) is 6.63. The van der Waals surface area contributed by atoms with Crippen molar-refractivity contribution in [3.05, 3.63) is 35.4 Å². The lowest BCUT2D eigenvalue weighted by molar-refractivity contribution is 0.0697. The van der Waals surface area contributed by atoms with E-state index in [4.69, 9.17) is 5.11 Å². The summed E-state index contributed by atoms with van der Waals surface area (Å²) >= 11 is 0. The Morgan fingerprint density at radius 1 is 1.17 bits per heavy atom. The van der Waals surface area contributed by atoms with Gasteiger partial charge in [0.1, 0.15) is 0 Å². The maximum absolute atomic E-state index is 10.7. The van der Waals surface area contributed by atoms with Crippen molar-refractivity contribution >= 4 is 5.97 Å². The Bertz CT molecular complexity index is 357. The molecule has 1 rings (SSSR count). The summed E-state index contributed by atoms with van der Waals surface area (Å²) in [4.78, 5) is 10.7. The zero-order valence-electron chi connectivity index (χ0n) is 10.9. The van der Waals surface area contributed by atoms with Gasteiger partial charge in [0.15, 0.2) is 0 Å². The number of hydrogen-bond acceptors (Lipinski definition) is 2. The van der Waals surface area contributed by atoms with Crippen molar-refractivity contribution in [2.24, 2.45) is 0 Å². The molecule has 0 saturated heterocycles. The monoisotopic (exact) mass is 250 g/mol. The summed E-state index contributed by atoms with van der Waals surface area (Å²) < 4.78 is 0. The van der Waals surface area contributed by atoms with Gasteiger partial charge in [-0.3, -0.25) is 0 Å². The van der Waals surface area contributed by atoms with Crippen LogP contribution in [0.5, 0.6) is 0 Å². The van der Waals surface area contributed by atoms with Crippen LogP contribution in [-0.4, -0.2) is 22.8 Å². The van der Waals surface area contributed by atoms with E-state index in [9.17, 15) is 9.90 Å². The lowest BCUT2D eigenvalue weighted by atomic mass is 9.93. The van der Waals surface area contributed by atoms with Gasteiger partial charge in [-0.2, -0.15) is 0 Å². The molecule has 2 N–H and O–H groups in total. The fraction of sp³-hybridized carbons (Fsp3) is 0.533. The first-order chi connectivity index (χ1) is 8.69. The molecule has 0 heterocycles. The predicted molar refractivity (Wildman–Crippen MR) is 72.0 cm³/mol. The van der Waals surface area contributed by atoms with Crippen molar-refractivity contribution < 1.29 is 15.0 Å². The zero-order chi connectivity index (χ0) is 13.4. The van der Waals surface area contributed by atoms with Crippen LogP contribution in [-0.2, 0) is 0 Å². The highest BCUT2D eigenvalue weighted by Crippen LogP contribution is 2.22. The van der Waals surface area contributed by atoms with E-state index in [1.54, 1.807) is 12.1 Å². The normalized spacial score (nSPS) is 12.3. The second kappa shape index (κ2) is 7.88. The number of carboxylic acids is 1. The highest BCUT2D eigenvalue weighted by Gasteiger charge is 2.11. The third-order valence-corrected chi connectivity index (χ3v) is 3.26. The maximum Gasteiger partial charge on any atom is 0.335 e. The van der Waals surface area contributed by atoms with Crippen molar-refractivity contribution in [2.75, 3.05) is 6.61 Å². The fourth-order valence-corrected chi connectivity index (χ4v) is 2.08. The van der Waals surface area contributed by atoms with Gasteiger partial charge in [-0.05, 0) is 24.1 Å². The number of hydrogen-bond donors (Lipinski definition) is 2. The Morgan fingerprint density at radius 2 is 1.83 bits per heavy atom. The summed E-state index contributed by atoms with van der Waals surface area (Å²) in [5.41, 5.74) is 1.32. The van der Waals surface area contributed by atoms with E-state index in [0.717, 1.165) is 18.4 Å². The third kappa shape index (κ3) is 4.49. The minimum atomic E-state index is -0.912. The van der Waals surface area contributed by atoms with Crippen LogP contribution >= 0.6 is 0 Å². The molecule has 3 heteroatoms. The minimum absolute atomic E-state index is 0.124. The molecule has 0 aliphatic rings. The number of aromatic carboxylic acids is 1. The van der Waals surface area contributed by atoms with Crippen LogP contribution in [0.4, 0.5) is 0 Å². The van der Waals surface area contributed by atoms with Gasteiger partial charge >= 0.3 is 5.97 Å². The van der Waals surface area contributed by atoms with Gasteiger partial charge in [0.05, 0.1) is 5.56 Å². The van der Waals surface area contributed by atoms with Crippen LogP contribution in [0.25, 0.3) is 0 Å². The average molecular weight is 250 g/mol. The summed E-state index contributed by atoms with van der Waals surface area (Å²) in [6.45, 7) is 2.30. The van der Waals surface area contributed by atoms with Gasteiger partial charge in [-0.15, -0.1) is 0 Å². The van der Waals surface area contributed by atoms with Crippen molar-refractivity contribution in [3.8, 4) is 0 Å². The Kier molecular flexibility index (Phi) is 6.44. The van der Waals surface area contributed by atoms with Crippen molar-refractivity contribution in [3.63, 3.8) is 0 Å². The van der Waals surface area contributed by atoms with Crippen molar-refractivity contribution in [2.45, 2.75) is 44.9 Å². The molecule has 0 spiro atoms. The molecule has 0 fully saturated rings. The van der Waals surface area contributed by atoms with Crippen LogP contribution in [0, 0.1) is 0 Å². The Hall–Kier alpha value is -1.35. The predicted octanol–water partition coefficient (Wildman–Crippen LogP) is 3.43.